The minimum absolute atomic E-state index is 0.217. The van der Waals surface area contributed by atoms with Gasteiger partial charge in [-0.25, -0.2) is 0 Å². The Bertz CT molecular complexity index is 540. The van der Waals surface area contributed by atoms with E-state index in [-0.39, 0.29) is 12.2 Å². The van der Waals surface area contributed by atoms with Crippen molar-refractivity contribution < 1.29 is 18.6 Å². The SMILES string of the molecule is CCc1ccc(CN2CCO[C@H]3[C@H](OCC4CCOCC4)CC[C@@H]32)o1. The van der Waals surface area contributed by atoms with Crippen molar-refractivity contribution in [1.82, 2.24) is 4.90 Å². The molecule has 3 aliphatic rings. The number of hydrogen-bond acceptors (Lipinski definition) is 5. The number of morpholine rings is 1. The van der Waals surface area contributed by atoms with Crippen LogP contribution in [0.4, 0.5) is 0 Å². The predicted octanol–water partition coefficient (Wildman–Crippen LogP) is 3.02. The Hall–Kier alpha value is -0.880. The fourth-order valence-corrected chi connectivity index (χ4v) is 4.44. The molecule has 5 nitrogen and oxygen atoms in total. The van der Waals surface area contributed by atoms with E-state index in [4.69, 9.17) is 18.6 Å². The molecule has 3 fully saturated rings. The zero-order valence-corrected chi connectivity index (χ0v) is 15.3. The summed E-state index contributed by atoms with van der Waals surface area (Å²) < 4.78 is 23.8. The summed E-state index contributed by atoms with van der Waals surface area (Å²) in [4.78, 5) is 2.53. The Balaban J connectivity index is 1.31. The van der Waals surface area contributed by atoms with Crippen LogP contribution in [0.1, 0.15) is 44.1 Å². The molecule has 0 amide bonds. The van der Waals surface area contributed by atoms with Crippen LogP contribution in [0.15, 0.2) is 16.5 Å². The van der Waals surface area contributed by atoms with Crippen molar-refractivity contribution in [2.24, 2.45) is 5.92 Å². The van der Waals surface area contributed by atoms with E-state index in [0.29, 0.717) is 12.0 Å². The number of furan rings is 1. The molecular formula is C20H31NO4. The molecule has 1 saturated carbocycles. The van der Waals surface area contributed by atoms with E-state index in [2.05, 4.69) is 24.0 Å². The second-order valence-electron chi connectivity index (χ2n) is 7.60. The first-order valence-electron chi connectivity index (χ1n) is 9.96. The van der Waals surface area contributed by atoms with Gasteiger partial charge in [0.1, 0.15) is 11.5 Å². The summed E-state index contributed by atoms with van der Waals surface area (Å²) in [5, 5.41) is 0. The zero-order chi connectivity index (χ0) is 17.1. The molecule has 0 aromatic carbocycles. The first-order chi connectivity index (χ1) is 12.3. The molecule has 3 heterocycles. The average molecular weight is 349 g/mol. The Morgan fingerprint density at radius 1 is 1.08 bits per heavy atom. The van der Waals surface area contributed by atoms with E-state index >= 15 is 0 Å². The molecule has 25 heavy (non-hydrogen) atoms. The standard InChI is InChI=1S/C20H31NO4/c1-2-16-3-4-17(25-16)13-21-9-12-23-20-18(21)5-6-19(20)24-14-15-7-10-22-11-8-15/h3-4,15,18-20H,2,5-14H2,1H3/t18-,19+,20+/m0/s1. The van der Waals surface area contributed by atoms with E-state index in [1.165, 1.54) is 0 Å². The summed E-state index contributed by atoms with van der Waals surface area (Å²) in [6.45, 7) is 7.42. The molecule has 0 unspecified atom stereocenters. The fourth-order valence-electron chi connectivity index (χ4n) is 4.44. The lowest BCUT2D eigenvalue weighted by Gasteiger charge is -2.38. The number of rotatable bonds is 6. The van der Waals surface area contributed by atoms with Gasteiger partial charge in [0.05, 0.1) is 32.0 Å². The largest absolute Gasteiger partial charge is 0.465 e. The Kier molecular flexibility index (Phi) is 5.76. The molecule has 2 saturated heterocycles. The number of hydrogen-bond donors (Lipinski definition) is 0. The summed E-state index contributed by atoms with van der Waals surface area (Å²) in [7, 11) is 0. The smallest absolute Gasteiger partial charge is 0.118 e. The zero-order valence-electron chi connectivity index (χ0n) is 15.3. The minimum atomic E-state index is 0.217. The minimum Gasteiger partial charge on any atom is -0.465 e. The maximum Gasteiger partial charge on any atom is 0.118 e. The van der Waals surface area contributed by atoms with Gasteiger partial charge in [0, 0.05) is 32.2 Å². The molecule has 2 aliphatic heterocycles. The van der Waals surface area contributed by atoms with Gasteiger partial charge in [-0.2, -0.15) is 0 Å². The lowest BCUT2D eigenvalue weighted by Crippen LogP contribution is -2.51. The van der Waals surface area contributed by atoms with Gasteiger partial charge in [0.25, 0.3) is 0 Å². The van der Waals surface area contributed by atoms with Crippen molar-refractivity contribution in [1.29, 1.82) is 0 Å². The molecule has 0 N–H and O–H groups in total. The van der Waals surface area contributed by atoms with Crippen molar-refractivity contribution in [2.75, 3.05) is 33.0 Å². The van der Waals surface area contributed by atoms with Crippen molar-refractivity contribution in [3.05, 3.63) is 23.7 Å². The van der Waals surface area contributed by atoms with Crippen molar-refractivity contribution in [3.8, 4) is 0 Å². The van der Waals surface area contributed by atoms with E-state index < -0.39 is 0 Å². The molecule has 1 aliphatic carbocycles. The van der Waals surface area contributed by atoms with E-state index in [0.717, 1.165) is 83.1 Å². The lowest BCUT2D eigenvalue weighted by molar-refractivity contribution is -0.123. The third-order valence-electron chi connectivity index (χ3n) is 5.96. The Labute approximate surface area is 150 Å². The maximum atomic E-state index is 6.30. The number of aryl methyl sites for hydroxylation is 1. The number of nitrogens with zero attached hydrogens (tertiary/aromatic N) is 1. The van der Waals surface area contributed by atoms with Gasteiger partial charge < -0.3 is 18.6 Å². The first-order valence-corrected chi connectivity index (χ1v) is 9.96. The molecule has 0 radical (unpaired) electrons. The van der Waals surface area contributed by atoms with Gasteiger partial charge in [-0.05, 0) is 43.7 Å². The van der Waals surface area contributed by atoms with Gasteiger partial charge in [0.2, 0.25) is 0 Å². The van der Waals surface area contributed by atoms with Crippen LogP contribution in [0.5, 0.6) is 0 Å². The highest BCUT2D eigenvalue weighted by molar-refractivity contribution is 5.08. The number of ether oxygens (including phenoxy) is 3. The van der Waals surface area contributed by atoms with Crippen LogP contribution < -0.4 is 0 Å². The molecule has 0 bridgehead atoms. The van der Waals surface area contributed by atoms with Crippen molar-refractivity contribution >= 4 is 0 Å². The quantitative estimate of drug-likeness (QED) is 0.790. The van der Waals surface area contributed by atoms with Crippen LogP contribution in [0.25, 0.3) is 0 Å². The average Bonchev–Trinajstić information content (AvgIpc) is 3.28. The number of fused-ring (bicyclic) bond motifs is 1. The summed E-state index contributed by atoms with van der Waals surface area (Å²) >= 11 is 0. The van der Waals surface area contributed by atoms with Crippen LogP contribution in [0.3, 0.4) is 0 Å². The van der Waals surface area contributed by atoms with E-state index in [1.807, 2.05) is 0 Å². The normalized spacial score (nSPS) is 31.3. The van der Waals surface area contributed by atoms with Crippen LogP contribution in [-0.2, 0) is 27.2 Å². The topological polar surface area (TPSA) is 44.1 Å². The molecule has 0 spiro atoms. The van der Waals surface area contributed by atoms with Gasteiger partial charge in [-0.15, -0.1) is 0 Å². The molecule has 4 rings (SSSR count). The molecule has 5 heteroatoms. The summed E-state index contributed by atoms with van der Waals surface area (Å²) in [6, 6.07) is 4.68. The summed E-state index contributed by atoms with van der Waals surface area (Å²) in [6.07, 6.45) is 5.94. The monoisotopic (exact) mass is 349 g/mol. The molecular weight excluding hydrogens is 318 g/mol. The van der Waals surface area contributed by atoms with E-state index in [9.17, 15) is 0 Å². The van der Waals surface area contributed by atoms with Crippen LogP contribution in [0, 0.1) is 5.92 Å². The highest BCUT2D eigenvalue weighted by Crippen LogP contribution is 2.33. The van der Waals surface area contributed by atoms with Gasteiger partial charge >= 0.3 is 0 Å². The van der Waals surface area contributed by atoms with Crippen molar-refractivity contribution in [3.63, 3.8) is 0 Å². The van der Waals surface area contributed by atoms with Gasteiger partial charge in [-0.3, -0.25) is 4.90 Å². The second-order valence-corrected chi connectivity index (χ2v) is 7.60. The summed E-state index contributed by atoms with van der Waals surface area (Å²) in [5.74, 6) is 2.80. The Morgan fingerprint density at radius 2 is 1.92 bits per heavy atom. The van der Waals surface area contributed by atoms with Crippen LogP contribution in [-0.4, -0.2) is 56.1 Å². The molecule has 3 atom stereocenters. The lowest BCUT2D eigenvalue weighted by atomic mass is 10.0. The highest BCUT2D eigenvalue weighted by atomic mass is 16.5. The van der Waals surface area contributed by atoms with Crippen molar-refractivity contribution in [2.45, 2.75) is 63.8 Å². The fraction of sp³-hybridized carbons (Fsp3) is 0.800. The van der Waals surface area contributed by atoms with E-state index in [1.54, 1.807) is 0 Å². The summed E-state index contributed by atoms with van der Waals surface area (Å²) in [5.41, 5.74) is 0. The maximum absolute atomic E-state index is 6.30. The van der Waals surface area contributed by atoms with Crippen LogP contribution >= 0.6 is 0 Å². The predicted molar refractivity (Wildman–Crippen MR) is 94.5 cm³/mol. The Morgan fingerprint density at radius 3 is 2.72 bits per heavy atom. The third-order valence-corrected chi connectivity index (χ3v) is 5.96. The van der Waals surface area contributed by atoms with Gasteiger partial charge in [0.15, 0.2) is 0 Å². The third kappa shape index (κ3) is 4.11. The molecule has 1 aromatic heterocycles. The molecule has 140 valence electrons. The van der Waals surface area contributed by atoms with Crippen LogP contribution in [0.2, 0.25) is 0 Å². The second kappa shape index (κ2) is 8.21. The highest BCUT2D eigenvalue weighted by Gasteiger charge is 2.43. The molecule has 1 aromatic rings. The first kappa shape index (κ1) is 17.5. The van der Waals surface area contributed by atoms with Gasteiger partial charge in [-0.1, -0.05) is 6.92 Å².